The molecule has 3 nitrogen and oxygen atoms in total. The fraction of sp³-hybridized carbons (Fsp3) is 0.333. The summed E-state index contributed by atoms with van der Waals surface area (Å²) in [6, 6.07) is 9.58. The lowest BCUT2D eigenvalue weighted by Crippen LogP contribution is -2.31. The zero-order chi connectivity index (χ0) is 17.5. The lowest BCUT2D eigenvalue weighted by Gasteiger charge is -2.17. The van der Waals surface area contributed by atoms with Crippen LogP contribution in [0, 0.1) is 5.82 Å². The number of aliphatic hydroxyl groups is 1. The van der Waals surface area contributed by atoms with Crippen LogP contribution in [0.2, 0.25) is 10.0 Å². The van der Waals surface area contributed by atoms with Gasteiger partial charge in [0.2, 0.25) is 0 Å². The second-order valence-corrected chi connectivity index (χ2v) is 6.29. The van der Waals surface area contributed by atoms with E-state index in [2.05, 4.69) is 5.32 Å². The SMILES string of the molecule is CCC(CO)NCc1cc(Cl)ccc1OCc1ccc(F)cc1Cl. The predicted octanol–water partition coefficient (Wildman–Crippen LogP) is 4.57. The van der Waals surface area contributed by atoms with Crippen LogP contribution in [0.1, 0.15) is 24.5 Å². The Hall–Kier alpha value is -1.33. The molecule has 2 rings (SSSR count). The van der Waals surface area contributed by atoms with Crippen LogP contribution in [0.25, 0.3) is 0 Å². The van der Waals surface area contributed by atoms with Crippen LogP contribution in [-0.4, -0.2) is 17.8 Å². The monoisotopic (exact) mass is 371 g/mol. The second-order valence-electron chi connectivity index (χ2n) is 5.45. The van der Waals surface area contributed by atoms with E-state index in [-0.39, 0.29) is 25.1 Å². The van der Waals surface area contributed by atoms with Crippen molar-refractivity contribution in [3.05, 3.63) is 63.4 Å². The van der Waals surface area contributed by atoms with Gasteiger partial charge in [-0.25, -0.2) is 4.39 Å². The van der Waals surface area contributed by atoms with Crippen molar-refractivity contribution in [1.82, 2.24) is 5.32 Å². The largest absolute Gasteiger partial charge is 0.489 e. The minimum Gasteiger partial charge on any atom is -0.489 e. The van der Waals surface area contributed by atoms with E-state index in [1.807, 2.05) is 13.0 Å². The Bertz CT molecular complexity index is 678. The lowest BCUT2D eigenvalue weighted by molar-refractivity contribution is 0.237. The van der Waals surface area contributed by atoms with Gasteiger partial charge >= 0.3 is 0 Å². The molecule has 1 atom stereocenters. The third-order valence-electron chi connectivity index (χ3n) is 3.72. The van der Waals surface area contributed by atoms with E-state index < -0.39 is 0 Å². The van der Waals surface area contributed by atoms with Crippen molar-refractivity contribution in [2.75, 3.05) is 6.61 Å². The Balaban J connectivity index is 2.08. The summed E-state index contributed by atoms with van der Waals surface area (Å²) in [6.45, 7) is 2.81. The van der Waals surface area contributed by atoms with Crippen molar-refractivity contribution >= 4 is 23.2 Å². The first-order chi connectivity index (χ1) is 11.5. The van der Waals surface area contributed by atoms with E-state index >= 15 is 0 Å². The summed E-state index contributed by atoms with van der Waals surface area (Å²) in [5, 5.41) is 13.5. The van der Waals surface area contributed by atoms with Crippen molar-refractivity contribution in [2.45, 2.75) is 32.5 Å². The van der Waals surface area contributed by atoms with Gasteiger partial charge in [-0.05, 0) is 36.8 Å². The summed E-state index contributed by atoms with van der Waals surface area (Å²) >= 11 is 12.1. The summed E-state index contributed by atoms with van der Waals surface area (Å²) in [5.74, 6) is 0.287. The number of rotatable bonds is 8. The van der Waals surface area contributed by atoms with Gasteiger partial charge in [-0.15, -0.1) is 0 Å². The van der Waals surface area contributed by atoms with Crippen LogP contribution in [0.15, 0.2) is 36.4 Å². The Morgan fingerprint density at radius 3 is 2.62 bits per heavy atom. The van der Waals surface area contributed by atoms with Crippen molar-refractivity contribution in [2.24, 2.45) is 0 Å². The average molecular weight is 372 g/mol. The molecule has 0 heterocycles. The molecule has 0 aliphatic rings. The number of nitrogens with one attached hydrogen (secondary N) is 1. The number of benzene rings is 2. The molecule has 130 valence electrons. The standard InChI is InChI=1S/C18H20Cl2FNO2/c1-2-16(10-23)22-9-13-7-14(19)4-6-18(13)24-11-12-3-5-15(21)8-17(12)20/h3-8,16,22-23H,2,9-11H2,1H3. The van der Waals surface area contributed by atoms with Gasteiger partial charge < -0.3 is 15.2 Å². The third kappa shape index (κ3) is 5.35. The highest BCUT2D eigenvalue weighted by molar-refractivity contribution is 6.31. The van der Waals surface area contributed by atoms with Crippen molar-refractivity contribution < 1.29 is 14.2 Å². The van der Waals surface area contributed by atoms with Gasteiger partial charge in [-0.1, -0.05) is 36.2 Å². The molecular weight excluding hydrogens is 352 g/mol. The molecule has 0 bridgehead atoms. The summed E-state index contributed by atoms with van der Waals surface area (Å²) in [6.07, 6.45) is 0.818. The Morgan fingerprint density at radius 1 is 1.17 bits per heavy atom. The van der Waals surface area contributed by atoms with E-state index in [1.54, 1.807) is 18.2 Å². The fourth-order valence-corrected chi connectivity index (χ4v) is 2.63. The van der Waals surface area contributed by atoms with Crippen LogP contribution in [0.5, 0.6) is 5.75 Å². The van der Waals surface area contributed by atoms with Gasteiger partial charge in [0.05, 0.1) is 11.6 Å². The highest BCUT2D eigenvalue weighted by Crippen LogP contribution is 2.25. The van der Waals surface area contributed by atoms with Crippen LogP contribution in [0.4, 0.5) is 4.39 Å². The third-order valence-corrected chi connectivity index (χ3v) is 4.30. The van der Waals surface area contributed by atoms with E-state index in [0.717, 1.165) is 12.0 Å². The fourth-order valence-electron chi connectivity index (χ4n) is 2.21. The zero-order valence-corrected chi connectivity index (χ0v) is 14.9. The molecule has 2 aromatic rings. The van der Waals surface area contributed by atoms with E-state index in [1.165, 1.54) is 12.1 Å². The molecule has 24 heavy (non-hydrogen) atoms. The molecule has 0 fully saturated rings. The molecule has 0 spiro atoms. The van der Waals surface area contributed by atoms with Crippen LogP contribution < -0.4 is 10.1 Å². The molecule has 1 unspecified atom stereocenters. The zero-order valence-electron chi connectivity index (χ0n) is 13.4. The quantitative estimate of drug-likeness (QED) is 0.713. The van der Waals surface area contributed by atoms with Crippen LogP contribution in [0.3, 0.4) is 0 Å². The number of hydrogen-bond donors (Lipinski definition) is 2. The molecule has 0 radical (unpaired) electrons. The lowest BCUT2D eigenvalue weighted by atomic mass is 10.1. The summed E-state index contributed by atoms with van der Waals surface area (Å²) in [4.78, 5) is 0. The molecule has 2 aromatic carbocycles. The van der Waals surface area contributed by atoms with Crippen molar-refractivity contribution in [1.29, 1.82) is 0 Å². The molecule has 0 aliphatic carbocycles. The highest BCUT2D eigenvalue weighted by Gasteiger charge is 2.10. The summed E-state index contributed by atoms with van der Waals surface area (Å²) in [5.41, 5.74) is 1.58. The molecular formula is C18H20Cl2FNO2. The molecule has 2 N–H and O–H groups in total. The van der Waals surface area contributed by atoms with Crippen molar-refractivity contribution in [3.63, 3.8) is 0 Å². The number of ether oxygens (including phenoxy) is 1. The first-order valence-electron chi connectivity index (χ1n) is 7.72. The van der Waals surface area contributed by atoms with E-state index in [0.29, 0.717) is 27.9 Å². The summed E-state index contributed by atoms with van der Waals surface area (Å²) < 4.78 is 18.9. The minimum absolute atomic E-state index is 0.0170. The van der Waals surface area contributed by atoms with Crippen molar-refractivity contribution in [3.8, 4) is 5.75 Å². The van der Waals surface area contributed by atoms with E-state index in [4.69, 9.17) is 27.9 Å². The molecule has 0 aromatic heterocycles. The van der Waals surface area contributed by atoms with Gasteiger partial charge in [-0.2, -0.15) is 0 Å². The van der Waals surface area contributed by atoms with Gasteiger partial charge in [-0.3, -0.25) is 0 Å². The predicted molar refractivity (Wildman–Crippen MR) is 95.2 cm³/mol. The van der Waals surface area contributed by atoms with Crippen LogP contribution >= 0.6 is 23.2 Å². The molecule has 0 amide bonds. The maximum atomic E-state index is 13.1. The Labute approximate surface area is 151 Å². The maximum Gasteiger partial charge on any atom is 0.124 e. The number of hydrogen-bond acceptors (Lipinski definition) is 3. The molecule has 6 heteroatoms. The normalized spacial score (nSPS) is 12.2. The minimum atomic E-state index is -0.380. The topological polar surface area (TPSA) is 41.5 Å². The highest BCUT2D eigenvalue weighted by atomic mass is 35.5. The van der Waals surface area contributed by atoms with Crippen LogP contribution in [-0.2, 0) is 13.2 Å². The average Bonchev–Trinajstić information content (AvgIpc) is 2.56. The van der Waals surface area contributed by atoms with Gasteiger partial charge in [0.15, 0.2) is 0 Å². The number of halogens is 3. The molecule has 0 aliphatic heterocycles. The first-order valence-corrected chi connectivity index (χ1v) is 8.48. The first kappa shape index (κ1) is 19.0. The van der Waals surface area contributed by atoms with Gasteiger partial charge in [0, 0.05) is 28.7 Å². The molecule has 0 saturated carbocycles. The van der Waals surface area contributed by atoms with Gasteiger partial charge in [0.1, 0.15) is 18.2 Å². The maximum absolute atomic E-state index is 13.1. The smallest absolute Gasteiger partial charge is 0.124 e. The second kappa shape index (κ2) is 9.23. The Morgan fingerprint density at radius 2 is 1.96 bits per heavy atom. The number of aliphatic hydroxyl groups excluding tert-OH is 1. The van der Waals surface area contributed by atoms with Gasteiger partial charge in [0.25, 0.3) is 0 Å². The van der Waals surface area contributed by atoms with E-state index in [9.17, 15) is 9.50 Å². The molecule has 0 saturated heterocycles. The summed E-state index contributed by atoms with van der Waals surface area (Å²) in [7, 11) is 0. The Kier molecular flexibility index (Phi) is 7.31.